The predicted molar refractivity (Wildman–Crippen MR) is 44.6 cm³/mol. The van der Waals surface area contributed by atoms with Crippen molar-refractivity contribution in [2.24, 2.45) is 5.90 Å². The van der Waals surface area contributed by atoms with Crippen LogP contribution in [0.4, 0.5) is 0 Å². The van der Waals surface area contributed by atoms with Gasteiger partial charge in [-0.15, -0.1) is 11.6 Å². The molecule has 0 radical (unpaired) electrons. The molecule has 58 valence electrons. The second kappa shape index (κ2) is 5.23. The fourth-order valence-electron chi connectivity index (χ4n) is 0. The molecule has 1 atom stereocenters. The van der Waals surface area contributed by atoms with E-state index in [2.05, 4.69) is 32.5 Å². The molecule has 4 heteroatoms. The Labute approximate surface area is 63.0 Å². The highest BCUT2D eigenvalue weighted by Crippen LogP contribution is 2.11. The van der Waals surface area contributed by atoms with E-state index in [1.807, 2.05) is 0 Å². The van der Waals surface area contributed by atoms with E-state index < -0.39 is 8.07 Å². The molecule has 0 saturated carbocycles. The third kappa shape index (κ3) is 8.43. The molecule has 0 aliphatic rings. The quantitative estimate of drug-likeness (QED) is 0.358. The standard InChI is InChI=1S/C5H13ClSi.H3NO/c1-5(6)7(2,3)4;1-2/h5H,1-4H3;2H,1H2. The molecule has 1 unspecified atom stereocenters. The van der Waals surface area contributed by atoms with Gasteiger partial charge in [-0.2, -0.15) is 0 Å². The number of hydrogen-bond donors (Lipinski definition) is 2. The minimum absolute atomic E-state index is 0.410. The lowest BCUT2D eigenvalue weighted by Gasteiger charge is -2.17. The number of hydrogen-bond acceptors (Lipinski definition) is 2. The summed E-state index contributed by atoms with van der Waals surface area (Å²) < 4.78 is 0. The van der Waals surface area contributed by atoms with Gasteiger partial charge in [-0.05, 0) is 0 Å². The molecule has 0 amide bonds. The van der Waals surface area contributed by atoms with E-state index in [0.29, 0.717) is 5.00 Å². The van der Waals surface area contributed by atoms with Crippen molar-refractivity contribution in [3.63, 3.8) is 0 Å². The molecule has 0 fully saturated rings. The van der Waals surface area contributed by atoms with Crippen molar-refractivity contribution < 1.29 is 5.21 Å². The van der Waals surface area contributed by atoms with Crippen LogP contribution in [0, 0.1) is 0 Å². The van der Waals surface area contributed by atoms with E-state index in [9.17, 15) is 0 Å². The van der Waals surface area contributed by atoms with Crippen molar-refractivity contribution in [2.75, 3.05) is 0 Å². The monoisotopic (exact) mass is 169 g/mol. The van der Waals surface area contributed by atoms with Crippen molar-refractivity contribution in [1.82, 2.24) is 0 Å². The number of nitrogens with two attached hydrogens (primary N) is 1. The van der Waals surface area contributed by atoms with Crippen LogP contribution in [0.1, 0.15) is 6.92 Å². The van der Waals surface area contributed by atoms with E-state index in [-0.39, 0.29) is 0 Å². The average Bonchev–Trinajstić information content (AvgIpc) is 1.69. The molecule has 0 aromatic heterocycles. The van der Waals surface area contributed by atoms with Crippen LogP contribution in [-0.2, 0) is 0 Å². The number of rotatable bonds is 1. The Morgan fingerprint density at radius 3 is 1.44 bits per heavy atom. The first-order valence-electron chi connectivity index (χ1n) is 2.84. The Hall–Kier alpha value is 0.427. The van der Waals surface area contributed by atoms with Crippen LogP contribution in [0.2, 0.25) is 19.6 Å². The zero-order valence-corrected chi connectivity index (χ0v) is 8.24. The molecule has 0 rings (SSSR count). The average molecular weight is 170 g/mol. The van der Waals surface area contributed by atoms with E-state index >= 15 is 0 Å². The lowest BCUT2D eigenvalue weighted by Crippen LogP contribution is -2.31. The third-order valence-electron chi connectivity index (χ3n) is 1.19. The molecule has 0 heterocycles. The Morgan fingerprint density at radius 2 is 1.44 bits per heavy atom. The summed E-state index contributed by atoms with van der Waals surface area (Å²) in [6.45, 7) is 8.88. The van der Waals surface area contributed by atoms with E-state index in [1.54, 1.807) is 0 Å². The van der Waals surface area contributed by atoms with Crippen molar-refractivity contribution in [3.05, 3.63) is 0 Å². The van der Waals surface area contributed by atoms with Crippen LogP contribution in [0.25, 0.3) is 0 Å². The van der Waals surface area contributed by atoms with Gasteiger partial charge in [0.15, 0.2) is 0 Å². The van der Waals surface area contributed by atoms with Crippen molar-refractivity contribution >= 4 is 19.7 Å². The summed E-state index contributed by atoms with van der Waals surface area (Å²) in [5.74, 6) is 3.50. The van der Waals surface area contributed by atoms with Crippen LogP contribution in [-0.4, -0.2) is 18.3 Å². The molecular weight excluding hydrogens is 154 g/mol. The Kier molecular flexibility index (Phi) is 7.05. The molecule has 0 saturated heterocycles. The minimum atomic E-state index is -0.969. The van der Waals surface area contributed by atoms with Crippen LogP contribution in [0.5, 0.6) is 0 Å². The third-order valence-corrected chi connectivity index (χ3v) is 5.54. The first-order valence-corrected chi connectivity index (χ1v) is 6.86. The Morgan fingerprint density at radius 1 is 1.33 bits per heavy atom. The fraction of sp³-hybridized carbons (Fsp3) is 1.00. The molecule has 0 aliphatic heterocycles. The number of halogens is 1. The van der Waals surface area contributed by atoms with Crippen molar-refractivity contribution in [2.45, 2.75) is 31.6 Å². The van der Waals surface area contributed by atoms with Gasteiger partial charge in [0.2, 0.25) is 0 Å². The number of alkyl halides is 1. The summed E-state index contributed by atoms with van der Waals surface area (Å²) in [6.07, 6.45) is 0. The summed E-state index contributed by atoms with van der Waals surface area (Å²) in [5, 5.41) is 6.91. The maximum Gasteiger partial charge on any atom is 0.0645 e. The summed E-state index contributed by atoms with van der Waals surface area (Å²) in [5.41, 5.74) is 0. The molecule has 0 spiro atoms. The van der Waals surface area contributed by atoms with Gasteiger partial charge in [0.1, 0.15) is 0 Å². The second-order valence-electron chi connectivity index (χ2n) is 2.98. The van der Waals surface area contributed by atoms with Gasteiger partial charge in [-0.1, -0.05) is 26.6 Å². The zero-order valence-electron chi connectivity index (χ0n) is 6.48. The first kappa shape index (κ1) is 12.1. The fourth-order valence-corrected chi connectivity index (χ4v) is 0. The maximum atomic E-state index is 6.50. The summed E-state index contributed by atoms with van der Waals surface area (Å²) in [6, 6.07) is 0. The summed E-state index contributed by atoms with van der Waals surface area (Å²) in [4.78, 5) is 0. The minimum Gasteiger partial charge on any atom is -0.320 e. The van der Waals surface area contributed by atoms with Gasteiger partial charge in [0.25, 0.3) is 0 Å². The van der Waals surface area contributed by atoms with Crippen molar-refractivity contribution in [3.8, 4) is 0 Å². The maximum absolute atomic E-state index is 6.50. The molecule has 0 aromatic rings. The van der Waals surface area contributed by atoms with Crippen LogP contribution in [0.3, 0.4) is 0 Å². The largest absolute Gasteiger partial charge is 0.320 e. The van der Waals surface area contributed by atoms with Gasteiger partial charge in [0, 0.05) is 5.00 Å². The van der Waals surface area contributed by atoms with Gasteiger partial charge in [-0.3, -0.25) is 0 Å². The lowest BCUT2D eigenvalue weighted by molar-refractivity contribution is 0.311. The topological polar surface area (TPSA) is 46.2 Å². The van der Waals surface area contributed by atoms with Crippen LogP contribution in [0.15, 0.2) is 0 Å². The molecule has 9 heavy (non-hydrogen) atoms. The molecule has 3 N–H and O–H groups in total. The van der Waals surface area contributed by atoms with Crippen LogP contribution < -0.4 is 5.90 Å². The first-order chi connectivity index (χ1) is 3.94. The molecular formula is C5H16ClNOSi. The van der Waals surface area contributed by atoms with E-state index in [0.717, 1.165) is 0 Å². The second-order valence-corrected chi connectivity index (χ2v) is 9.60. The van der Waals surface area contributed by atoms with E-state index in [1.165, 1.54) is 0 Å². The molecule has 0 aromatic carbocycles. The highest BCUT2D eigenvalue weighted by molar-refractivity contribution is 6.83. The van der Waals surface area contributed by atoms with Gasteiger partial charge >= 0.3 is 0 Å². The van der Waals surface area contributed by atoms with Gasteiger partial charge in [-0.25, -0.2) is 5.90 Å². The highest BCUT2D eigenvalue weighted by atomic mass is 35.5. The molecule has 0 bridgehead atoms. The molecule has 0 aliphatic carbocycles. The lowest BCUT2D eigenvalue weighted by atomic mass is 11.0. The van der Waals surface area contributed by atoms with Crippen LogP contribution >= 0.6 is 11.6 Å². The molecule has 2 nitrogen and oxygen atoms in total. The highest BCUT2D eigenvalue weighted by Gasteiger charge is 2.18. The van der Waals surface area contributed by atoms with Gasteiger partial charge < -0.3 is 5.21 Å². The predicted octanol–water partition coefficient (Wildman–Crippen LogP) is 1.83. The Bertz CT molecular complexity index is 62.5. The normalized spacial score (nSPS) is 13.7. The summed E-state index contributed by atoms with van der Waals surface area (Å²) >= 11 is 5.82. The zero-order chi connectivity index (χ0) is 8.08. The smallest absolute Gasteiger partial charge is 0.0645 e. The Balaban J connectivity index is 0. The van der Waals surface area contributed by atoms with E-state index in [4.69, 9.17) is 16.8 Å². The van der Waals surface area contributed by atoms with Gasteiger partial charge in [0.05, 0.1) is 8.07 Å². The summed E-state index contributed by atoms with van der Waals surface area (Å²) in [7, 11) is -0.969. The SMILES string of the molecule is CC(Cl)[Si](C)(C)C.NO. The van der Waals surface area contributed by atoms with Crippen molar-refractivity contribution in [1.29, 1.82) is 0 Å².